The van der Waals surface area contributed by atoms with Crippen LogP contribution in [0.3, 0.4) is 0 Å². The number of nitrogens with zero attached hydrogens (tertiary/aromatic N) is 2. The number of ketones is 1. The van der Waals surface area contributed by atoms with Crippen LogP contribution < -0.4 is 4.90 Å². The van der Waals surface area contributed by atoms with E-state index < -0.39 is 11.7 Å². The summed E-state index contributed by atoms with van der Waals surface area (Å²) in [5.74, 6) is -2.14. The number of carboxylic acids is 1. The summed E-state index contributed by atoms with van der Waals surface area (Å²) in [6.45, 7) is -0.138. The first-order valence-corrected chi connectivity index (χ1v) is 8.60. The Kier molecular flexibility index (Phi) is 5.64. The molecule has 4 N–H and O–H groups in total. The van der Waals surface area contributed by atoms with Crippen molar-refractivity contribution in [1.29, 1.82) is 0 Å². The van der Waals surface area contributed by atoms with Gasteiger partial charge in [0.25, 0.3) is 0 Å². The van der Waals surface area contributed by atoms with Crippen molar-refractivity contribution in [2.24, 2.45) is 0 Å². The highest BCUT2D eigenvalue weighted by atomic mass is 16.4. The van der Waals surface area contributed by atoms with Crippen molar-refractivity contribution >= 4 is 17.4 Å². The lowest BCUT2D eigenvalue weighted by Gasteiger charge is -2.25. The van der Waals surface area contributed by atoms with E-state index in [9.17, 15) is 30.0 Å². The Morgan fingerprint density at radius 3 is 2.41 bits per heavy atom. The molecule has 8 heteroatoms. The molecule has 0 aliphatic carbocycles. The first-order valence-electron chi connectivity index (χ1n) is 8.60. The van der Waals surface area contributed by atoms with Crippen LogP contribution in [0.5, 0.6) is 17.2 Å². The lowest BCUT2D eigenvalue weighted by Crippen LogP contribution is -2.29. The summed E-state index contributed by atoms with van der Waals surface area (Å²) in [6, 6.07) is 11.2. The average molecular weight is 394 g/mol. The predicted molar refractivity (Wildman–Crippen MR) is 104 cm³/mol. The van der Waals surface area contributed by atoms with Gasteiger partial charge in [-0.25, -0.2) is 4.79 Å². The standard InChI is InChI=1S/C21H18N2O6/c24-16-4-6-18(25)14(8-16)11-23(12-20(27)13-2-1-7-22-10-13)15-3-5-19(26)17(9-15)21(28)29/h1-10,24-26H,11-12H2,(H,28,29). The number of carboxylic acid groups (broad SMARTS) is 1. The topological polar surface area (TPSA) is 131 Å². The third kappa shape index (κ3) is 4.62. The van der Waals surface area contributed by atoms with Crippen molar-refractivity contribution in [2.45, 2.75) is 6.54 Å². The van der Waals surface area contributed by atoms with E-state index in [0.717, 1.165) is 0 Å². The van der Waals surface area contributed by atoms with Gasteiger partial charge in [0.15, 0.2) is 5.78 Å². The van der Waals surface area contributed by atoms with Gasteiger partial charge in [-0.3, -0.25) is 9.78 Å². The first kappa shape index (κ1) is 19.7. The fraction of sp³-hybridized carbons (Fsp3) is 0.0952. The zero-order chi connectivity index (χ0) is 21.0. The van der Waals surface area contributed by atoms with Gasteiger partial charge in [0.05, 0.1) is 6.54 Å². The molecule has 1 aromatic heterocycles. The van der Waals surface area contributed by atoms with E-state index in [-0.39, 0.29) is 35.9 Å². The molecular formula is C21H18N2O6. The number of Topliss-reactive ketones (excluding diaryl/α,β-unsaturated/α-hetero) is 1. The van der Waals surface area contributed by atoms with Gasteiger partial charge >= 0.3 is 5.97 Å². The quantitative estimate of drug-likeness (QED) is 0.355. The number of carbonyl (C=O) groups is 2. The van der Waals surface area contributed by atoms with Crippen LogP contribution in [-0.2, 0) is 6.54 Å². The number of rotatable bonds is 7. The maximum atomic E-state index is 12.7. The SMILES string of the molecule is O=C(CN(Cc1cc(O)ccc1O)c1ccc(O)c(C(=O)O)c1)c1cccnc1. The second kappa shape index (κ2) is 8.30. The molecule has 0 radical (unpaired) electrons. The van der Waals surface area contributed by atoms with E-state index in [4.69, 9.17) is 0 Å². The molecule has 3 rings (SSSR count). The average Bonchev–Trinajstić information content (AvgIpc) is 2.71. The van der Waals surface area contributed by atoms with Gasteiger partial charge in [0.2, 0.25) is 0 Å². The lowest BCUT2D eigenvalue weighted by atomic mass is 10.1. The van der Waals surface area contributed by atoms with Crippen LogP contribution in [-0.4, -0.2) is 43.7 Å². The number of benzene rings is 2. The molecule has 0 atom stereocenters. The number of hydrogen-bond donors (Lipinski definition) is 4. The lowest BCUT2D eigenvalue weighted by molar-refractivity contribution is 0.0693. The van der Waals surface area contributed by atoms with Crippen LogP contribution in [0, 0.1) is 0 Å². The van der Waals surface area contributed by atoms with Crippen molar-refractivity contribution in [3.8, 4) is 17.2 Å². The highest BCUT2D eigenvalue weighted by Gasteiger charge is 2.19. The summed E-state index contributed by atoms with van der Waals surface area (Å²) in [5, 5.41) is 38.9. The van der Waals surface area contributed by atoms with Crippen LogP contribution >= 0.6 is 0 Å². The predicted octanol–water partition coefficient (Wildman–Crippen LogP) is 2.79. The van der Waals surface area contributed by atoms with Gasteiger partial charge in [-0.05, 0) is 48.5 Å². The number of aromatic carboxylic acids is 1. The minimum absolute atomic E-state index is 0.00999. The van der Waals surface area contributed by atoms with E-state index in [1.165, 1.54) is 47.5 Å². The van der Waals surface area contributed by atoms with Crippen molar-refractivity contribution in [3.63, 3.8) is 0 Å². The maximum absolute atomic E-state index is 12.7. The Hall–Kier alpha value is -4.07. The number of anilines is 1. The Balaban J connectivity index is 1.99. The van der Waals surface area contributed by atoms with Crippen LogP contribution in [0.2, 0.25) is 0 Å². The zero-order valence-corrected chi connectivity index (χ0v) is 15.2. The molecule has 0 aliphatic rings. The fourth-order valence-corrected chi connectivity index (χ4v) is 2.83. The van der Waals surface area contributed by atoms with Crippen molar-refractivity contribution in [1.82, 2.24) is 4.98 Å². The number of phenols is 3. The molecule has 0 amide bonds. The van der Waals surface area contributed by atoms with Crippen LogP contribution in [0.1, 0.15) is 26.3 Å². The summed E-state index contributed by atoms with van der Waals surface area (Å²) in [5.41, 5.74) is 0.741. The van der Waals surface area contributed by atoms with Crippen molar-refractivity contribution in [3.05, 3.63) is 77.6 Å². The molecule has 0 spiro atoms. The number of phenolic OH excluding ortho intramolecular Hbond substituents is 2. The van der Waals surface area contributed by atoms with Gasteiger partial charge in [-0.2, -0.15) is 0 Å². The van der Waals surface area contributed by atoms with Crippen LogP contribution in [0.4, 0.5) is 5.69 Å². The fourth-order valence-electron chi connectivity index (χ4n) is 2.83. The maximum Gasteiger partial charge on any atom is 0.339 e. The second-order valence-electron chi connectivity index (χ2n) is 6.34. The number of aromatic hydroxyl groups is 3. The minimum Gasteiger partial charge on any atom is -0.508 e. The molecule has 0 saturated heterocycles. The van der Waals surface area contributed by atoms with E-state index in [1.807, 2.05) is 0 Å². The molecular weight excluding hydrogens is 376 g/mol. The van der Waals surface area contributed by atoms with E-state index in [1.54, 1.807) is 18.3 Å². The van der Waals surface area contributed by atoms with Crippen LogP contribution in [0.15, 0.2) is 60.9 Å². The molecule has 0 aliphatic heterocycles. The second-order valence-corrected chi connectivity index (χ2v) is 6.34. The number of aromatic nitrogens is 1. The first-order chi connectivity index (χ1) is 13.8. The molecule has 0 saturated carbocycles. The van der Waals surface area contributed by atoms with Gasteiger partial charge in [0, 0.05) is 35.8 Å². The normalized spacial score (nSPS) is 10.5. The molecule has 8 nitrogen and oxygen atoms in total. The van der Waals surface area contributed by atoms with E-state index in [0.29, 0.717) is 16.8 Å². The highest BCUT2D eigenvalue weighted by molar-refractivity contribution is 5.99. The summed E-state index contributed by atoms with van der Waals surface area (Å²) in [4.78, 5) is 29.5. The molecule has 0 fully saturated rings. The van der Waals surface area contributed by atoms with E-state index in [2.05, 4.69) is 4.98 Å². The number of hydrogen-bond acceptors (Lipinski definition) is 7. The summed E-state index contributed by atoms with van der Waals surface area (Å²) < 4.78 is 0. The molecule has 0 unspecified atom stereocenters. The molecule has 2 aromatic carbocycles. The molecule has 0 bridgehead atoms. The summed E-state index contributed by atoms with van der Waals surface area (Å²) in [6.07, 6.45) is 2.96. The highest BCUT2D eigenvalue weighted by Crippen LogP contribution is 2.29. The Bertz CT molecular complexity index is 1050. The Morgan fingerprint density at radius 1 is 0.966 bits per heavy atom. The third-order valence-corrected chi connectivity index (χ3v) is 4.32. The Labute approximate surface area is 165 Å². The molecule has 1 heterocycles. The van der Waals surface area contributed by atoms with Gasteiger partial charge < -0.3 is 25.3 Å². The monoisotopic (exact) mass is 394 g/mol. The molecule has 148 valence electrons. The number of pyridine rings is 1. The third-order valence-electron chi connectivity index (χ3n) is 4.32. The largest absolute Gasteiger partial charge is 0.508 e. The zero-order valence-electron chi connectivity index (χ0n) is 15.2. The van der Waals surface area contributed by atoms with E-state index >= 15 is 0 Å². The van der Waals surface area contributed by atoms with Crippen LogP contribution in [0.25, 0.3) is 0 Å². The van der Waals surface area contributed by atoms with Gasteiger partial charge in [-0.1, -0.05) is 0 Å². The smallest absolute Gasteiger partial charge is 0.339 e. The van der Waals surface area contributed by atoms with Crippen molar-refractivity contribution < 1.29 is 30.0 Å². The Morgan fingerprint density at radius 2 is 1.72 bits per heavy atom. The molecule has 3 aromatic rings. The van der Waals surface area contributed by atoms with Gasteiger partial charge in [-0.15, -0.1) is 0 Å². The molecule has 29 heavy (non-hydrogen) atoms. The van der Waals surface area contributed by atoms with Gasteiger partial charge in [0.1, 0.15) is 22.8 Å². The van der Waals surface area contributed by atoms with Crippen molar-refractivity contribution in [2.75, 3.05) is 11.4 Å². The summed E-state index contributed by atoms with van der Waals surface area (Å²) >= 11 is 0. The summed E-state index contributed by atoms with van der Waals surface area (Å²) in [7, 11) is 0. The minimum atomic E-state index is -1.32. The number of carbonyl (C=O) groups excluding carboxylic acids is 1.